The Hall–Kier alpha value is -0.303. The van der Waals surface area contributed by atoms with Crippen molar-refractivity contribution in [2.45, 2.75) is 6.92 Å². The highest BCUT2D eigenvalue weighted by molar-refractivity contribution is 5.75. The minimum Gasteiger partial charge on any atom is -0.0988 e. The first-order chi connectivity index (χ1) is 2.27. The van der Waals surface area contributed by atoms with Crippen molar-refractivity contribution in [2.75, 3.05) is 0 Å². The Bertz CT molecular complexity index is 55.0. The van der Waals surface area contributed by atoms with Crippen LogP contribution >= 0.6 is 0 Å². The standard InChI is InChI=1S/C5H8.Si/c1-4-5(2)3;/h4H,1-2H2,3H3;. The molecule has 0 aromatic carbocycles. The van der Waals surface area contributed by atoms with E-state index in [0.29, 0.717) is 0 Å². The fourth-order valence-electron chi connectivity index (χ4n) is 0. The van der Waals surface area contributed by atoms with E-state index in [0.717, 1.165) is 5.57 Å². The monoisotopic (exact) mass is 96.0 g/mol. The molecule has 0 amide bonds. The summed E-state index contributed by atoms with van der Waals surface area (Å²) in [6.45, 7) is 8.93. The van der Waals surface area contributed by atoms with Crippen LogP contribution in [0, 0.1) is 0 Å². The Morgan fingerprint density at radius 2 is 1.83 bits per heavy atom. The second-order valence-corrected chi connectivity index (χ2v) is 1.05. The van der Waals surface area contributed by atoms with Gasteiger partial charge >= 0.3 is 0 Å². The Kier molecular flexibility index (Phi) is 7.20. The molecule has 0 unspecified atom stereocenters. The van der Waals surface area contributed by atoms with Crippen LogP contribution in [0.3, 0.4) is 0 Å². The molecule has 0 aromatic rings. The summed E-state index contributed by atoms with van der Waals surface area (Å²) in [6, 6.07) is 0. The van der Waals surface area contributed by atoms with Gasteiger partial charge in [-0.25, -0.2) is 0 Å². The van der Waals surface area contributed by atoms with E-state index in [1.54, 1.807) is 6.08 Å². The van der Waals surface area contributed by atoms with Crippen molar-refractivity contribution in [3.8, 4) is 0 Å². The van der Waals surface area contributed by atoms with Gasteiger partial charge in [0, 0.05) is 11.0 Å². The van der Waals surface area contributed by atoms with E-state index in [-0.39, 0.29) is 11.0 Å². The minimum absolute atomic E-state index is 0. The van der Waals surface area contributed by atoms with Crippen molar-refractivity contribution in [1.29, 1.82) is 0 Å². The van der Waals surface area contributed by atoms with Gasteiger partial charge < -0.3 is 0 Å². The fourth-order valence-corrected chi connectivity index (χ4v) is 0. The highest BCUT2D eigenvalue weighted by Gasteiger charge is 1.59. The third kappa shape index (κ3) is 9.34. The topological polar surface area (TPSA) is 0 Å². The second kappa shape index (κ2) is 4.70. The molecule has 0 saturated heterocycles. The first-order valence-corrected chi connectivity index (χ1v) is 1.55. The number of rotatable bonds is 1. The molecule has 0 nitrogen and oxygen atoms in total. The van der Waals surface area contributed by atoms with Gasteiger partial charge in [-0.05, 0) is 6.92 Å². The number of hydrogen-bond donors (Lipinski definition) is 0. The molecule has 1 heteroatoms. The molecule has 0 heterocycles. The van der Waals surface area contributed by atoms with E-state index in [9.17, 15) is 0 Å². The second-order valence-electron chi connectivity index (χ2n) is 1.05. The van der Waals surface area contributed by atoms with Crippen LogP contribution in [0.1, 0.15) is 6.92 Å². The lowest BCUT2D eigenvalue weighted by molar-refractivity contribution is 1.58. The van der Waals surface area contributed by atoms with Gasteiger partial charge in [-0.3, -0.25) is 0 Å². The largest absolute Gasteiger partial charge is 0.0988 e. The Labute approximate surface area is 43.6 Å². The molecule has 0 aliphatic rings. The van der Waals surface area contributed by atoms with Crippen LogP contribution < -0.4 is 0 Å². The van der Waals surface area contributed by atoms with Crippen LogP contribution in [-0.4, -0.2) is 11.0 Å². The van der Waals surface area contributed by atoms with Crippen LogP contribution in [0.25, 0.3) is 0 Å². The lowest BCUT2D eigenvalue weighted by atomic mass is 10.4. The van der Waals surface area contributed by atoms with Crippen LogP contribution in [0.4, 0.5) is 0 Å². The summed E-state index contributed by atoms with van der Waals surface area (Å²) < 4.78 is 0. The molecule has 0 spiro atoms. The highest BCUT2D eigenvalue weighted by atomic mass is 28.1. The van der Waals surface area contributed by atoms with E-state index in [1.807, 2.05) is 6.92 Å². The van der Waals surface area contributed by atoms with Crippen molar-refractivity contribution in [3.05, 3.63) is 24.8 Å². The number of hydrogen-bond acceptors (Lipinski definition) is 0. The van der Waals surface area contributed by atoms with E-state index in [1.165, 1.54) is 0 Å². The molecule has 0 fully saturated rings. The van der Waals surface area contributed by atoms with Crippen molar-refractivity contribution in [1.82, 2.24) is 0 Å². The summed E-state index contributed by atoms with van der Waals surface area (Å²) in [5, 5.41) is 0. The average molecular weight is 96.2 g/mol. The maximum Gasteiger partial charge on any atom is 0 e. The van der Waals surface area contributed by atoms with Crippen molar-refractivity contribution in [2.24, 2.45) is 0 Å². The molecule has 0 saturated carbocycles. The molecule has 0 aromatic heterocycles. The van der Waals surface area contributed by atoms with Crippen LogP contribution in [0.5, 0.6) is 0 Å². The maximum atomic E-state index is 3.56. The zero-order valence-corrected chi connectivity index (χ0v) is 4.99. The number of allylic oxidation sites excluding steroid dienone is 2. The van der Waals surface area contributed by atoms with E-state index in [2.05, 4.69) is 13.2 Å². The van der Waals surface area contributed by atoms with E-state index >= 15 is 0 Å². The molecule has 4 radical (unpaired) electrons. The van der Waals surface area contributed by atoms with Gasteiger partial charge in [-0.1, -0.05) is 24.8 Å². The summed E-state index contributed by atoms with van der Waals surface area (Å²) in [4.78, 5) is 0. The quantitative estimate of drug-likeness (QED) is 0.341. The lowest BCUT2D eigenvalue weighted by Gasteiger charge is -1.71. The van der Waals surface area contributed by atoms with Gasteiger partial charge in [0.2, 0.25) is 0 Å². The molecule has 0 rings (SSSR count). The van der Waals surface area contributed by atoms with Gasteiger partial charge in [0.1, 0.15) is 0 Å². The summed E-state index contributed by atoms with van der Waals surface area (Å²) in [5.74, 6) is 0. The van der Waals surface area contributed by atoms with Crippen molar-refractivity contribution >= 4 is 11.0 Å². The summed E-state index contributed by atoms with van der Waals surface area (Å²) in [7, 11) is 0. The van der Waals surface area contributed by atoms with Gasteiger partial charge in [-0.2, -0.15) is 0 Å². The normalized spacial score (nSPS) is 5.50. The maximum absolute atomic E-state index is 3.56. The summed E-state index contributed by atoms with van der Waals surface area (Å²) in [6.07, 6.45) is 1.72. The molecular weight excluding hydrogens is 88.1 g/mol. The van der Waals surface area contributed by atoms with Gasteiger partial charge in [0.15, 0.2) is 0 Å². The van der Waals surface area contributed by atoms with Crippen LogP contribution in [0.2, 0.25) is 0 Å². The summed E-state index contributed by atoms with van der Waals surface area (Å²) in [5.41, 5.74) is 1.02. The minimum atomic E-state index is 0. The molecular formula is C5H8Si. The lowest BCUT2D eigenvalue weighted by Crippen LogP contribution is -1.50. The Morgan fingerprint density at radius 1 is 1.67 bits per heavy atom. The van der Waals surface area contributed by atoms with Crippen LogP contribution in [-0.2, 0) is 0 Å². The highest BCUT2D eigenvalue weighted by Crippen LogP contribution is 1.81. The van der Waals surface area contributed by atoms with Gasteiger partial charge in [0.25, 0.3) is 0 Å². The predicted molar refractivity (Wildman–Crippen MR) is 30.8 cm³/mol. The van der Waals surface area contributed by atoms with E-state index in [4.69, 9.17) is 0 Å². The fraction of sp³-hybridized carbons (Fsp3) is 0.200. The zero-order chi connectivity index (χ0) is 4.28. The first-order valence-electron chi connectivity index (χ1n) is 1.55. The molecule has 0 bridgehead atoms. The van der Waals surface area contributed by atoms with Gasteiger partial charge in [0.05, 0.1) is 0 Å². The Balaban J connectivity index is 0. The van der Waals surface area contributed by atoms with Crippen LogP contribution in [0.15, 0.2) is 24.8 Å². The van der Waals surface area contributed by atoms with E-state index < -0.39 is 0 Å². The van der Waals surface area contributed by atoms with Crippen molar-refractivity contribution < 1.29 is 0 Å². The SMILES string of the molecule is C=CC(=C)C.[Si]. The molecule has 0 N–H and O–H groups in total. The smallest absolute Gasteiger partial charge is 0 e. The first kappa shape index (κ1) is 9.20. The summed E-state index contributed by atoms with van der Waals surface area (Å²) >= 11 is 0. The zero-order valence-electron chi connectivity index (χ0n) is 3.99. The predicted octanol–water partition coefficient (Wildman–Crippen LogP) is 1.37. The van der Waals surface area contributed by atoms with Crippen molar-refractivity contribution in [3.63, 3.8) is 0 Å². The third-order valence-electron chi connectivity index (χ3n) is 0.348. The molecule has 0 aliphatic carbocycles. The van der Waals surface area contributed by atoms with Gasteiger partial charge in [-0.15, -0.1) is 0 Å². The third-order valence-corrected chi connectivity index (χ3v) is 0.348. The molecule has 0 atom stereocenters. The average Bonchev–Trinajstić information content (AvgIpc) is 1.38. The molecule has 0 aliphatic heterocycles. The molecule has 32 valence electrons. The molecule has 6 heavy (non-hydrogen) atoms. The Morgan fingerprint density at radius 3 is 1.83 bits per heavy atom.